The van der Waals surface area contributed by atoms with Gasteiger partial charge in [0.05, 0.1) is 11.9 Å². The van der Waals surface area contributed by atoms with Crippen LogP contribution in [0.2, 0.25) is 0 Å². The van der Waals surface area contributed by atoms with Crippen LogP contribution in [0.15, 0.2) is 47.8 Å². The zero-order chi connectivity index (χ0) is 16.0. The topological polar surface area (TPSA) is 80.9 Å². The van der Waals surface area contributed by atoms with Gasteiger partial charge in [0.1, 0.15) is 0 Å². The maximum atomic E-state index is 13.7. The van der Waals surface area contributed by atoms with E-state index in [0.29, 0.717) is 17.0 Å². The van der Waals surface area contributed by atoms with Crippen molar-refractivity contribution in [2.45, 2.75) is 6.92 Å². The van der Waals surface area contributed by atoms with E-state index in [1.165, 1.54) is 6.92 Å². The summed E-state index contributed by atoms with van der Waals surface area (Å²) in [5.74, 6) is -0.189. The molecule has 0 aliphatic heterocycles. The van der Waals surface area contributed by atoms with Gasteiger partial charge in [-0.25, -0.2) is 14.6 Å². The molecule has 7 nitrogen and oxygen atoms in total. The van der Waals surface area contributed by atoms with E-state index in [4.69, 9.17) is 0 Å². The molecule has 4 heterocycles. The molecule has 0 unspecified atom stereocenters. The Balaban J connectivity index is 1.88. The lowest BCUT2D eigenvalue weighted by Gasteiger charge is -1.99. The molecule has 0 radical (unpaired) electrons. The van der Waals surface area contributed by atoms with Crippen molar-refractivity contribution >= 4 is 5.65 Å². The molecule has 0 fully saturated rings. The molecule has 0 aromatic carbocycles. The van der Waals surface area contributed by atoms with Crippen LogP contribution in [0, 0.1) is 12.7 Å². The molecule has 4 rings (SSSR count). The standard InChI is InChI=1S/C15H11FN6O/c1-9-13(16)15(23)22-14(20-9)11(7-19-22)10-6-18-21(8-10)12-4-2-3-5-17-12/h2-8,19H,1H3. The number of hydrogen-bond acceptors (Lipinski definition) is 4. The van der Waals surface area contributed by atoms with Gasteiger partial charge in [0.15, 0.2) is 11.5 Å². The SMILES string of the molecule is Cc1nc2c(-c3cnn(-c4ccccn4)c3)c[nH]n2c(=O)c1F. The van der Waals surface area contributed by atoms with E-state index in [9.17, 15) is 9.18 Å². The van der Waals surface area contributed by atoms with Crippen LogP contribution in [-0.4, -0.2) is 29.4 Å². The quantitative estimate of drug-likeness (QED) is 0.611. The number of H-pyrrole nitrogens is 1. The molecule has 1 N–H and O–H groups in total. The lowest BCUT2D eigenvalue weighted by atomic mass is 10.2. The summed E-state index contributed by atoms with van der Waals surface area (Å²) in [6.07, 6.45) is 6.69. The molecule has 0 saturated carbocycles. The molecule has 0 aliphatic rings. The van der Waals surface area contributed by atoms with Gasteiger partial charge in [-0.15, -0.1) is 0 Å². The van der Waals surface area contributed by atoms with Gasteiger partial charge in [-0.3, -0.25) is 9.89 Å². The number of aryl methyl sites for hydroxylation is 1. The predicted octanol–water partition coefficient (Wildman–Crippen LogP) is 1.72. The number of nitrogens with one attached hydrogen (secondary N) is 1. The van der Waals surface area contributed by atoms with Gasteiger partial charge in [-0.1, -0.05) is 6.07 Å². The molecule has 8 heteroatoms. The van der Waals surface area contributed by atoms with Gasteiger partial charge in [0, 0.05) is 29.7 Å². The number of aromatic nitrogens is 6. The zero-order valence-corrected chi connectivity index (χ0v) is 12.1. The minimum atomic E-state index is -0.861. The summed E-state index contributed by atoms with van der Waals surface area (Å²) in [5.41, 5.74) is 1.07. The van der Waals surface area contributed by atoms with Gasteiger partial charge in [-0.05, 0) is 19.1 Å². The third kappa shape index (κ3) is 2.03. The van der Waals surface area contributed by atoms with Crippen LogP contribution >= 0.6 is 0 Å². The van der Waals surface area contributed by atoms with Gasteiger partial charge in [-0.2, -0.15) is 14.0 Å². The third-order valence-corrected chi connectivity index (χ3v) is 3.55. The summed E-state index contributed by atoms with van der Waals surface area (Å²) in [7, 11) is 0. The van der Waals surface area contributed by atoms with Crippen molar-refractivity contribution in [3.05, 3.63) is 64.9 Å². The van der Waals surface area contributed by atoms with E-state index in [0.717, 1.165) is 10.1 Å². The number of pyridine rings is 1. The number of fused-ring (bicyclic) bond motifs is 1. The van der Waals surface area contributed by atoms with Crippen molar-refractivity contribution in [1.29, 1.82) is 0 Å². The maximum Gasteiger partial charge on any atom is 0.308 e. The first-order valence-corrected chi connectivity index (χ1v) is 6.88. The van der Waals surface area contributed by atoms with E-state index < -0.39 is 11.4 Å². The molecular weight excluding hydrogens is 299 g/mol. The Morgan fingerprint density at radius 3 is 2.96 bits per heavy atom. The highest BCUT2D eigenvalue weighted by Crippen LogP contribution is 2.23. The average molecular weight is 310 g/mol. The molecule has 23 heavy (non-hydrogen) atoms. The lowest BCUT2D eigenvalue weighted by Crippen LogP contribution is -2.20. The Kier molecular flexibility index (Phi) is 2.83. The molecule has 0 spiro atoms. The molecular formula is C15H11FN6O. The van der Waals surface area contributed by atoms with Crippen molar-refractivity contribution in [2.24, 2.45) is 0 Å². The number of aromatic amines is 1. The Morgan fingerprint density at radius 2 is 2.17 bits per heavy atom. The van der Waals surface area contributed by atoms with Crippen LogP contribution in [0.4, 0.5) is 4.39 Å². The molecule has 4 aromatic heterocycles. The summed E-state index contributed by atoms with van der Waals surface area (Å²) < 4.78 is 16.4. The highest BCUT2D eigenvalue weighted by atomic mass is 19.1. The molecule has 0 atom stereocenters. The van der Waals surface area contributed by atoms with Gasteiger partial charge >= 0.3 is 5.56 Å². The number of rotatable bonds is 2. The fourth-order valence-electron chi connectivity index (χ4n) is 2.39. The van der Waals surface area contributed by atoms with Crippen LogP contribution in [0.3, 0.4) is 0 Å². The Hall–Kier alpha value is -3.29. The number of hydrogen-bond donors (Lipinski definition) is 1. The van der Waals surface area contributed by atoms with Crippen LogP contribution in [0.1, 0.15) is 5.69 Å². The third-order valence-electron chi connectivity index (χ3n) is 3.55. The first-order chi connectivity index (χ1) is 11.1. The largest absolute Gasteiger partial charge is 0.308 e. The summed E-state index contributed by atoms with van der Waals surface area (Å²) in [5, 5.41) is 6.98. The van der Waals surface area contributed by atoms with Crippen LogP contribution in [0.5, 0.6) is 0 Å². The summed E-state index contributed by atoms with van der Waals surface area (Å²) in [6, 6.07) is 5.51. The van der Waals surface area contributed by atoms with Crippen LogP contribution < -0.4 is 5.56 Å². The number of nitrogens with zero attached hydrogens (tertiary/aromatic N) is 5. The second-order valence-electron chi connectivity index (χ2n) is 5.02. The molecule has 0 saturated heterocycles. The summed E-state index contributed by atoms with van der Waals surface area (Å²) in [4.78, 5) is 20.3. The number of halogens is 1. The van der Waals surface area contributed by atoms with E-state index in [2.05, 4.69) is 20.2 Å². The molecule has 0 amide bonds. The van der Waals surface area contributed by atoms with E-state index >= 15 is 0 Å². The zero-order valence-electron chi connectivity index (χ0n) is 12.1. The maximum absolute atomic E-state index is 13.7. The normalized spacial score (nSPS) is 11.2. The second-order valence-corrected chi connectivity index (χ2v) is 5.02. The predicted molar refractivity (Wildman–Crippen MR) is 80.9 cm³/mol. The highest BCUT2D eigenvalue weighted by Gasteiger charge is 2.15. The minimum absolute atomic E-state index is 0.0629. The average Bonchev–Trinajstić information content (AvgIpc) is 3.20. The molecule has 114 valence electrons. The van der Waals surface area contributed by atoms with Crippen molar-refractivity contribution in [1.82, 2.24) is 29.4 Å². The van der Waals surface area contributed by atoms with E-state index in [1.54, 1.807) is 29.5 Å². The van der Waals surface area contributed by atoms with Gasteiger partial charge in [0.25, 0.3) is 0 Å². The molecule has 0 bridgehead atoms. The van der Waals surface area contributed by atoms with Crippen LogP contribution in [-0.2, 0) is 0 Å². The summed E-state index contributed by atoms with van der Waals surface area (Å²) >= 11 is 0. The molecule has 4 aromatic rings. The Bertz CT molecular complexity index is 1060. The first kappa shape index (κ1) is 13.4. The summed E-state index contributed by atoms with van der Waals surface area (Å²) in [6.45, 7) is 1.46. The monoisotopic (exact) mass is 310 g/mol. The van der Waals surface area contributed by atoms with Crippen molar-refractivity contribution in [3.8, 4) is 16.9 Å². The van der Waals surface area contributed by atoms with Crippen molar-refractivity contribution in [2.75, 3.05) is 0 Å². The van der Waals surface area contributed by atoms with E-state index in [1.807, 2.05) is 18.2 Å². The fourth-order valence-corrected chi connectivity index (χ4v) is 2.39. The minimum Gasteiger partial charge on any atom is -0.296 e. The first-order valence-electron chi connectivity index (χ1n) is 6.88. The highest BCUT2D eigenvalue weighted by molar-refractivity contribution is 5.76. The smallest absolute Gasteiger partial charge is 0.296 e. The Labute approximate surface area is 129 Å². The van der Waals surface area contributed by atoms with Gasteiger partial charge in [0.2, 0.25) is 5.82 Å². The Morgan fingerprint density at radius 1 is 1.30 bits per heavy atom. The molecule has 0 aliphatic carbocycles. The van der Waals surface area contributed by atoms with Crippen molar-refractivity contribution < 1.29 is 4.39 Å². The van der Waals surface area contributed by atoms with Gasteiger partial charge < -0.3 is 0 Å². The van der Waals surface area contributed by atoms with Crippen molar-refractivity contribution in [3.63, 3.8) is 0 Å². The van der Waals surface area contributed by atoms with E-state index in [-0.39, 0.29) is 5.69 Å². The second kappa shape index (κ2) is 4.87. The fraction of sp³-hybridized carbons (Fsp3) is 0.0667. The lowest BCUT2D eigenvalue weighted by molar-refractivity contribution is 0.579. The van der Waals surface area contributed by atoms with Crippen LogP contribution in [0.25, 0.3) is 22.6 Å².